The zero-order chi connectivity index (χ0) is 13.9. The van der Waals surface area contributed by atoms with E-state index in [1.165, 1.54) is 12.7 Å². The molecule has 1 aromatic carbocycles. The van der Waals surface area contributed by atoms with E-state index in [1.807, 2.05) is 12.1 Å². The van der Waals surface area contributed by atoms with Crippen LogP contribution >= 0.6 is 0 Å². The van der Waals surface area contributed by atoms with Crippen LogP contribution in [0.1, 0.15) is 18.4 Å². The number of esters is 1. The van der Waals surface area contributed by atoms with Gasteiger partial charge in [-0.3, -0.25) is 9.69 Å². The predicted octanol–water partition coefficient (Wildman–Crippen LogP) is 1.80. The molecule has 2 aliphatic heterocycles. The van der Waals surface area contributed by atoms with E-state index in [9.17, 15) is 4.79 Å². The fourth-order valence-electron chi connectivity index (χ4n) is 2.79. The van der Waals surface area contributed by atoms with E-state index in [0.29, 0.717) is 6.79 Å². The monoisotopic (exact) mass is 277 g/mol. The molecule has 1 saturated heterocycles. The van der Waals surface area contributed by atoms with Crippen LogP contribution in [0.2, 0.25) is 0 Å². The first kappa shape index (κ1) is 13.2. The topological polar surface area (TPSA) is 48.0 Å². The molecule has 1 fully saturated rings. The van der Waals surface area contributed by atoms with Crippen molar-refractivity contribution in [3.8, 4) is 11.5 Å². The van der Waals surface area contributed by atoms with Gasteiger partial charge in [-0.1, -0.05) is 6.07 Å². The lowest BCUT2D eigenvalue weighted by molar-refractivity contribution is -0.147. The van der Waals surface area contributed by atoms with Crippen molar-refractivity contribution in [1.29, 1.82) is 0 Å². The van der Waals surface area contributed by atoms with Crippen molar-refractivity contribution < 1.29 is 19.0 Å². The Bertz CT molecular complexity index is 495. The Balaban J connectivity index is 1.56. The van der Waals surface area contributed by atoms with Crippen molar-refractivity contribution in [3.63, 3.8) is 0 Å². The highest BCUT2D eigenvalue weighted by molar-refractivity contribution is 5.72. The number of ether oxygens (including phenoxy) is 3. The maximum absolute atomic E-state index is 11.5. The summed E-state index contributed by atoms with van der Waals surface area (Å²) in [5.41, 5.74) is 1.21. The Morgan fingerprint density at radius 3 is 2.80 bits per heavy atom. The second-order valence-electron chi connectivity index (χ2n) is 5.26. The summed E-state index contributed by atoms with van der Waals surface area (Å²) in [6.45, 7) is 3.04. The number of piperidine rings is 1. The van der Waals surface area contributed by atoms with E-state index in [4.69, 9.17) is 14.2 Å². The van der Waals surface area contributed by atoms with Crippen LogP contribution in [-0.4, -0.2) is 37.9 Å². The number of methoxy groups -OCH3 is 1. The van der Waals surface area contributed by atoms with Crippen LogP contribution < -0.4 is 9.47 Å². The molecule has 2 aliphatic rings. The number of nitrogens with zero attached hydrogens (tertiary/aromatic N) is 1. The molecule has 0 N–H and O–H groups in total. The summed E-state index contributed by atoms with van der Waals surface area (Å²) < 4.78 is 15.5. The first-order valence-electron chi connectivity index (χ1n) is 6.95. The number of carbonyl (C=O) groups is 1. The maximum atomic E-state index is 11.5. The van der Waals surface area contributed by atoms with Gasteiger partial charge in [-0.2, -0.15) is 0 Å². The van der Waals surface area contributed by atoms with Gasteiger partial charge in [0.15, 0.2) is 11.5 Å². The van der Waals surface area contributed by atoms with Crippen molar-refractivity contribution in [1.82, 2.24) is 4.90 Å². The van der Waals surface area contributed by atoms with Gasteiger partial charge in [-0.05, 0) is 43.6 Å². The highest BCUT2D eigenvalue weighted by atomic mass is 16.7. The van der Waals surface area contributed by atoms with Crippen LogP contribution in [0.25, 0.3) is 0 Å². The van der Waals surface area contributed by atoms with E-state index in [0.717, 1.165) is 44.0 Å². The largest absolute Gasteiger partial charge is 0.469 e. The number of fused-ring (bicyclic) bond motifs is 1. The van der Waals surface area contributed by atoms with Crippen molar-refractivity contribution in [2.75, 3.05) is 27.0 Å². The van der Waals surface area contributed by atoms with E-state index in [1.54, 1.807) is 0 Å². The van der Waals surface area contributed by atoms with Crippen LogP contribution in [0.3, 0.4) is 0 Å². The number of likely N-dealkylation sites (tertiary alicyclic amines) is 1. The van der Waals surface area contributed by atoms with Gasteiger partial charge in [-0.15, -0.1) is 0 Å². The van der Waals surface area contributed by atoms with Crippen LogP contribution in [0.5, 0.6) is 11.5 Å². The Labute approximate surface area is 118 Å². The van der Waals surface area contributed by atoms with Crippen LogP contribution in [0, 0.1) is 5.92 Å². The van der Waals surface area contributed by atoms with Gasteiger partial charge in [0.25, 0.3) is 0 Å². The maximum Gasteiger partial charge on any atom is 0.308 e. The Kier molecular flexibility index (Phi) is 3.78. The van der Waals surface area contributed by atoms with E-state index >= 15 is 0 Å². The van der Waals surface area contributed by atoms with Gasteiger partial charge < -0.3 is 14.2 Å². The number of carbonyl (C=O) groups excluding carboxylic acids is 1. The van der Waals surface area contributed by atoms with Crippen molar-refractivity contribution in [2.45, 2.75) is 19.4 Å². The van der Waals surface area contributed by atoms with Gasteiger partial charge in [0.05, 0.1) is 13.0 Å². The molecule has 3 rings (SSSR count). The third-order valence-corrected chi connectivity index (χ3v) is 3.97. The number of hydrogen-bond donors (Lipinski definition) is 0. The van der Waals surface area contributed by atoms with Gasteiger partial charge in [-0.25, -0.2) is 0 Å². The third-order valence-electron chi connectivity index (χ3n) is 3.97. The zero-order valence-corrected chi connectivity index (χ0v) is 11.6. The quantitative estimate of drug-likeness (QED) is 0.788. The summed E-state index contributed by atoms with van der Waals surface area (Å²) in [5, 5.41) is 0. The minimum Gasteiger partial charge on any atom is -0.469 e. The van der Waals surface area contributed by atoms with Crippen molar-refractivity contribution in [2.24, 2.45) is 5.92 Å². The van der Waals surface area contributed by atoms with Gasteiger partial charge in [0.2, 0.25) is 6.79 Å². The number of hydrogen-bond acceptors (Lipinski definition) is 5. The third kappa shape index (κ3) is 2.72. The van der Waals surface area contributed by atoms with Gasteiger partial charge >= 0.3 is 5.97 Å². The van der Waals surface area contributed by atoms with E-state index in [2.05, 4.69) is 11.0 Å². The smallest absolute Gasteiger partial charge is 0.308 e. The average Bonchev–Trinajstić information content (AvgIpc) is 2.95. The van der Waals surface area contributed by atoms with Crippen LogP contribution in [0.15, 0.2) is 18.2 Å². The van der Waals surface area contributed by atoms with Crippen LogP contribution in [0.4, 0.5) is 0 Å². The highest BCUT2D eigenvalue weighted by Gasteiger charge is 2.25. The average molecular weight is 277 g/mol. The van der Waals surface area contributed by atoms with Gasteiger partial charge in [0, 0.05) is 6.54 Å². The molecule has 0 radical (unpaired) electrons. The fraction of sp³-hybridized carbons (Fsp3) is 0.533. The Morgan fingerprint density at radius 1 is 1.30 bits per heavy atom. The lowest BCUT2D eigenvalue weighted by Gasteiger charge is -2.30. The molecule has 20 heavy (non-hydrogen) atoms. The molecule has 0 atom stereocenters. The van der Waals surface area contributed by atoms with Crippen molar-refractivity contribution in [3.05, 3.63) is 23.8 Å². The summed E-state index contributed by atoms with van der Waals surface area (Å²) in [5.74, 6) is 1.63. The minimum absolute atomic E-state index is 0.0630. The molecule has 0 spiro atoms. The molecular formula is C15H19NO4. The van der Waals surface area contributed by atoms with E-state index in [-0.39, 0.29) is 11.9 Å². The Morgan fingerprint density at radius 2 is 2.05 bits per heavy atom. The molecule has 1 aromatic rings. The molecule has 5 heteroatoms. The second kappa shape index (κ2) is 5.71. The second-order valence-corrected chi connectivity index (χ2v) is 5.26. The highest BCUT2D eigenvalue weighted by Crippen LogP contribution is 2.33. The SMILES string of the molecule is COC(=O)C1CCN(Cc2ccc3c(c2)OCO3)CC1. The lowest BCUT2D eigenvalue weighted by atomic mass is 9.96. The summed E-state index contributed by atoms with van der Waals surface area (Å²) in [6, 6.07) is 6.06. The molecule has 2 heterocycles. The molecule has 0 unspecified atom stereocenters. The summed E-state index contributed by atoms with van der Waals surface area (Å²) in [6.07, 6.45) is 1.74. The number of benzene rings is 1. The van der Waals surface area contributed by atoms with E-state index < -0.39 is 0 Å². The summed E-state index contributed by atoms with van der Waals surface area (Å²) in [4.78, 5) is 13.8. The summed E-state index contributed by atoms with van der Waals surface area (Å²) >= 11 is 0. The first-order chi connectivity index (χ1) is 9.76. The summed E-state index contributed by atoms with van der Waals surface area (Å²) in [7, 11) is 1.46. The zero-order valence-electron chi connectivity index (χ0n) is 11.6. The lowest BCUT2D eigenvalue weighted by Crippen LogP contribution is -2.36. The van der Waals surface area contributed by atoms with Gasteiger partial charge in [0.1, 0.15) is 0 Å². The van der Waals surface area contributed by atoms with Crippen LogP contribution in [-0.2, 0) is 16.1 Å². The fourth-order valence-corrected chi connectivity index (χ4v) is 2.79. The first-order valence-corrected chi connectivity index (χ1v) is 6.95. The van der Waals surface area contributed by atoms with Crippen molar-refractivity contribution >= 4 is 5.97 Å². The molecule has 0 saturated carbocycles. The molecule has 0 amide bonds. The number of rotatable bonds is 3. The minimum atomic E-state index is -0.0762. The predicted molar refractivity (Wildman–Crippen MR) is 72.6 cm³/mol. The molecule has 108 valence electrons. The molecular weight excluding hydrogens is 258 g/mol. The molecule has 0 bridgehead atoms. The molecule has 0 aromatic heterocycles. The standard InChI is InChI=1S/C15H19NO4/c1-18-15(17)12-4-6-16(7-5-12)9-11-2-3-13-14(8-11)20-10-19-13/h2-3,8,12H,4-7,9-10H2,1H3. The Hall–Kier alpha value is -1.75. The normalized spacial score (nSPS) is 19.1. The molecule has 0 aliphatic carbocycles. The molecule has 5 nitrogen and oxygen atoms in total.